The number of nitrogens with zero attached hydrogens (tertiary/aromatic N) is 3. The topological polar surface area (TPSA) is 69.2 Å². The largest absolute Gasteiger partial charge is 0.373 e. The summed E-state index contributed by atoms with van der Waals surface area (Å²) in [5.41, 5.74) is -0.106. The monoisotopic (exact) mass is 467 g/mol. The van der Waals surface area contributed by atoms with E-state index in [0.29, 0.717) is 6.54 Å². The van der Waals surface area contributed by atoms with Crippen LogP contribution >= 0.6 is 24.0 Å². The summed E-state index contributed by atoms with van der Waals surface area (Å²) in [5, 5.41) is 6.70. The summed E-state index contributed by atoms with van der Waals surface area (Å²) in [6.07, 6.45) is 2.21. The van der Waals surface area contributed by atoms with E-state index in [1.807, 2.05) is 4.90 Å². The maximum absolute atomic E-state index is 11.3. The van der Waals surface area contributed by atoms with Gasteiger partial charge in [-0.15, -0.1) is 24.0 Å². The second kappa shape index (κ2) is 11.2. The highest BCUT2D eigenvalue weighted by atomic mass is 127. The number of guanidine groups is 1. The molecular formula is C17H34IN5O2. The van der Waals surface area contributed by atoms with Crippen molar-refractivity contribution < 1.29 is 9.53 Å². The third-order valence-corrected chi connectivity index (χ3v) is 4.75. The normalized spacial score (nSPS) is 24.8. The van der Waals surface area contributed by atoms with Crippen molar-refractivity contribution in [3.8, 4) is 0 Å². The van der Waals surface area contributed by atoms with Crippen molar-refractivity contribution in [2.24, 2.45) is 4.99 Å². The zero-order chi connectivity index (χ0) is 17.4. The van der Waals surface area contributed by atoms with E-state index in [9.17, 15) is 4.79 Å². The second-order valence-corrected chi connectivity index (χ2v) is 6.87. The van der Waals surface area contributed by atoms with Crippen LogP contribution in [0.25, 0.3) is 0 Å². The van der Waals surface area contributed by atoms with Crippen LogP contribution in [0.3, 0.4) is 0 Å². The molecule has 0 radical (unpaired) electrons. The Bertz CT molecular complexity index is 433. The van der Waals surface area contributed by atoms with E-state index in [4.69, 9.17) is 4.74 Å². The number of carbonyl (C=O) groups is 1. The van der Waals surface area contributed by atoms with Crippen molar-refractivity contribution in [1.82, 2.24) is 20.4 Å². The van der Waals surface area contributed by atoms with Gasteiger partial charge in [0.15, 0.2) is 5.96 Å². The average Bonchev–Trinajstić information content (AvgIpc) is 3.00. The van der Waals surface area contributed by atoms with Crippen molar-refractivity contribution in [2.75, 3.05) is 59.0 Å². The first kappa shape index (κ1) is 22.4. The molecule has 2 rings (SSSR count). The molecule has 1 atom stereocenters. The van der Waals surface area contributed by atoms with Gasteiger partial charge in [-0.05, 0) is 26.7 Å². The summed E-state index contributed by atoms with van der Waals surface area (Å²) < 4.78 is 5.79. The number of aliphatic imine (C=N–C) groups is 1. The SMILES string of the molecule is CCNC(=NCC1(C)CCCO1)NCCN1CCN(C(C)=O)CC1.I. The number of halogens is 1. The summed E-state index contributed by atoms with van der Waals surface area (Å²) in [5.74, 6) is 1.04. The Hall–Kier alpha value is -0.610. The first-order chi connectivity index (χ1) is 11.5. The van der Waals surface area contributed by atoms with E-state index in [1.54, 1.807) is 6.92 Å². The molecule has 1 unspecified atom stereocenters. The Balaban J connectivity index is 0.00000312. The molecule has 2 aliphatic heterocycles. The summed E-state index contributed by atoms with van der Waals surface area (Å²) in [6, 6.07) is 0. The van der Waals surface area contributed by atoms with Crippen molar-refractivity contribution >= 4 is 35.8 Å². The highest BCUT2D eigenvalue weighted by Gasteiger charge is 2.29. The number of ether oxygens (including phenoxy) is 1. The van der Waals surface area contributed by atoms with Gasteiger partial charge in [-0.3, -0.25) is 14.7 Å². The third kappa shape index (κ3) is 7.65. The Morgan fingerprint density at radius 2 is 1.96 bits per heavy atom. The maximum atomic E-state index is 11.3. The molecular weight excluding hydrogens is 433 g/mol. The standard InChI is InChI=1S/C17H33N5O2.HI/c1-4-18-16(20-14-17(3)6-5-13-24-17)19-7-8-21-9-11-22(12-10-21)15(2)23;/h4-14H2,1-3H3,(H2,18,19,20);1H. The van der Waals surface area contributed by atoms with Gasteiger partial charge in [0.2, 0.25) is 5.91 Å². The lowest BCUT2D eigenvalue weighted by atomic mass is 10.0. The molecule has 2 saturated heterocycles. The van der Waals surface area contributed by atoms with Crippen LogP contribution in [0.5, 0.6) is 0 Å². The van der Waals surface area contributed by atoms with Crippen LogP contribution in [0.1, 0.15) is 33.6 Å². The molecule has 0 spiro atoms. The van der Waals surface area contributed by atoms with Gasteiger partial charge in [0.1, 0.15) is 0 Å². The van der Waals surface area contributed by atoms with Crippen LogP contribution < -0.4 is 10.6 Å². The van der Waals surface area contributed by atoms with Gasteiger partial charge in [0.25, 0.3) is 0 Å². The van der Waals surface area contributed by atoms with Gasteiger partial charge < -0.3 is 20.3 Å². The van der Waals surface area contributed by atoms with E-state index in [1.165, 1.54) is 0 Å². The average molecular weight is 467 g/mol. The minimum atomic E-state index is -0.106. The molecule has 0 saturated carbocycles. The lowest BCUT2D eigenvalue weighted by Gasteiger charge is -2.34. The van der Waals surface area contributed by atoms with Gasteiger partial charge in [-0.1, -0.05) is 0 Å². The molecule has 0 aromatic heterocycles. The molecule has 0 bridgehead atoms. The Kier molecular flexibility index (Phi) is 10.0. The van der Waals surface area contributed by atoms with Gasteiger partial charge in [-0.2, -0.15) is 0 Å². The van der Waals surface area contributed by atoms with Crippen LogP contribution in [0.2, 0.25) is 0 Å². The number of amides is 1. The smallest absolute Gasteiger partial charge is 0.219 e. The van der Waals surface area contributed by atoms with Gasteiger partial charge in [0.05, 0.1) is 12.1 Å². The Labute approximate surface area is 169 Å². The van der Waals surface area contributed by atoms with Crippen molar-refractivity contribution in [3.05, 3.63) is 0 Å². The number of piperazine rings is 1. The Morgan fingerprint density at radius 3 is 2.52 bits per heavy atom. The fourth-order valence-electron chi connectivity index (χ4n) is 3.17. The van der Waals surface area contributed by atoms with Gasteiger partial charge in [-0.25, -0.2) is 0 Å². The molecule has 8 heteroatoms. The lowest BCUT2D eigenvalue weighted by Crippen LogP contribution is -2.50. The van der Waals surface area contributed by atoms with Crippen molar-refractivity contribution in [1.29, 1.82) is 0 Å². The zero-order valence-electron chi connectivity index (χ0n) is 15.8. The molecule has 2 fully saturated rings. The number of carbonyl (C=O) groups excluding carboxylic acids is 1. The predicted octanol–water partition coefficient (Wildman–Crippen LogP) is 0.893. The zero-order valence-corrected chi connectivity index (χ0v) is 18.2. The molecule has 0 aromatic rings. The summed E-state index contributed by atoms with van der Waals surface area (Å²) in [7, 11) is 0. The minimum absolute atomic E-state index is 0. The van der Waals surface area contributed by atoms with E-state index < -0.39 is 0 Å². The molecule has 7 nitrogen and oxygen atoms in total. The fourth-order valence-corrected chi connectivity index (χ4v) is 3.17. The summed E-state index contributed by atoms with van der Waals surface area (Å²) in [6.45, 7) is 13.6. The number of nitrogens with one attached hydrogen (secondary N) is 2. The molecule has 1 amide bonds. The lowest BCUT2D eigenvalue weighted by molar-refractivity contribution is -0.130. The second-order valence-electron chi connectivity index (χ2n) is 6.87. The number of hydrogen-bond donors (Lipinski definition) is 2. The molecule has 0 aromatic carbocycles. The van der Waals surface area contributed by atoms with Crippen LogP contribution in [0.15, 0.2) is 4.99 Å². The summed E-state index contributed by atoms with van der Waals surface area (Å²) in [4.78, 5) is 20.3. The molecule has 2 heterocycles. The van der Waals surface area contributed by atoms with Crippen LogP contribution in [-0.4, -0.2) is 86.2 Å². The fraction of sp³-hybridized carbons (Fsp3) is 0.882. The number of hydrogen-bond acceptors (Lipinski definition) is 4. The first-order valence-corrected chi connectivity index (χ1v) is 9.16. The maximum Gasteiger partial charge on any atom is 0.219 e. The van der Waals surface area contributed by atoms with Crippen LogP contribution in [-0.2, 0) is 9.53 Å². The van der Waals surface area contributed by atoms with Gasteiger partial charge in [0, 0.05) is 59.3 Å². The van der Waals surface area contributed by atoms with E-state index in [2.05, 4.69) is 34.4 Å². The van der Waals surface area contributed by atoms with Crippen molar-refractivity contribution in [2.45, 2.75) is 39.2 Å². The van der Waals surface area contributed by atoms with E-state index in [0.717, 1.165) is 71.2 Å². The molecule has 25 heavy (non-hydrogen) atoms. The molecule has 2 N–H and O–H groups in total. The van der Waals surface area contributed by atoms with Crippen molar-refractivity contribution in [3.63, 3.8) is 0 Å². The molecule has 0 aliphatic carbocycles. The molecule has 146 valence electrons. The van der Waals surface area contributed by atoms with E-state index >= 15 is 0 Å². The molecule has 2 aliphatic rings. The highest BCUT2D eigenvalue weighted by molar-refractivity contribution is 14.0. The quantitative estimate of drug-likeness (QED) is 0.345. The highest BCUT2D eigenvalue weighted by Crippen LogP contribution is 2.24. The first-order valence-electron chi connectivity index (χ1n) is 9.16. The Morgan fingerprint density at radius 1 is 1.24 bits per heavy atom. The number of rotatable bonds is 6. The summed E-state index contributed by atoms with van der Waals surface area (Å²) >= 11 is 0. The van der Waals surface area contributed by atoms with E-state index in [-0.39, 0.29) is 35.5 Å². The third-order valence-electron chi connectivity index (χ3n) is 4.75. The minimum Gasteiger partial charge on any atom is -0.373 e. The van der Waals surface area contributed by atoms with Crippen LogP contribution in [0, 0.1) is 0 Å². The van der Waals surface area contributed by atoms with Gasteiger partial charge >= 0.3 is 0 Å². The predicted molar refractivity (Wildman–Crippen MR) is 112 cm³/mol. The van der Waals surface area contributed by atoms with Crippen LogP contribution in [0.4, 0.5) is 0 Å².